The van der Waals surface area contributed by atoms with Crippen molar-refractivity contribution in [2.75, 3.05) is 5.32 Å². The number of nitrogens with one attached hydrogen (secondary N) is 1. The Morgan fingerprint density at radius 3 is 2.74 bits per heavy atom. The molecule has 0 amide bonds. The van der Waals surface area contributed by atoms with Gasteiger partial charge in [-0.1, -0.05) is 12.1 Å². The van der Waals surface area contributed by atoms with E-state index in [2.05, 4.69) is 15.3 Å². The highest BCUT2D eigenvalue weighted by Gasteiger charge is 2.04. The van der Waals surface area contributed by atoms with Crippen LogP contribution in [0.3, 0.4) is 0 Å². The van der Waals surface area contributed by atoms with E-state index in [9.17, 15) is 0 Å². The van der Waals surface area contributed by atoms with E-state index < -0.39 is 0 Å². The van der Waals surface area contributed by atoms with Crippen molar-refractivity contribution in [1.29, 1.82) is 0 Å². The Morgan fingerprint density at radius 2 is 2.05 bits per heavy atom. The number of anilines is 1. The first-order chi connectivity index (χ1) is 9.22. The van der Waals surface area contributed by atoms with E-state index in [1.165, 1.54) is 0 Å². The molecule has 94 valence electrons. The second-order valence-corrected chi connectivity index (χ2v) is 4.46. The maximum atomic E-state index is 5.42. The van der Waals surface area contributed by atoms with Crippen LogP contribution in [0.25, 0.3) is 17.0 Å². The zero-order valence-electron chi connectivity index (χ0n) is 9.95. The summed E-state index contributed by atoms with van der Waals surface area (Å²) in [5.74, 6) is 0.683. The molecular weight excluding hydrogens is 258 g/mol. The third-order valence-corrected chi connectivity index (χ3v) is 2.79. The van der Waals surface area contributed by atoms with Gasteiger partial charge in [0.25, 0.3) is 0 Å². The second-order valence-electron chi connectivity index (χ2n) is 4.02. The number of rotatable bonds is 2. The Labute approximate surface area is 115 Å². The molecule has 0 fully saturated rings. The molecule has 0 atom stereocenters. The van der Waals surface area contributed by atoms with Gasteiger partial charge >= 0.3 is 0 Å². The quantitative estimate of drug-likeness (QED) is 0.697. The monoisotopic (exact) mass is 269 g/mol. The summed E-state index contributed by atoms with van der Waals surface area (Å²) in [5.41, 5.74) is 8.17. The molecule has 2 aromatic heterocycles. The van der Waals surface area contributed by atoms with E-state index in [-0.39, 0.29) is 5.11 Å². The Balaban J connectivity index is 1.95. The summed E-state index contributed by atoms with van der Waals surface area (Å²) in [6.07, 6.45) is 5.58. The summed E-state index contributed by atoms with van der Waals surface area (Å²) in [5, 5.41) is 3.14. The lowest BCUT2D eigenvalue weighted by Gasteiger charge is -2.03. The number of fused-ring (bicyclic) bond motifs is 1. The highest BCUT2D eigenvalue weighted by Crippen LogP contribution is 2.20. The molecule has 0 aliphatic rings. The highest BCUT2D eigenvalue weighted by molar-refractivity contribution is 7.80. The zero-order valence-corrected chi connectivity index (χ0v) is 10.8. The third kappa shape index (κ3) is 2.38. The molecule has 0 radical (unpaired) electrons. The Kier molecular flexibility index (Phi) is 2.85. The average Bonchev–Trinajstić information content (AvgIpc) is 2.82. The van der Waals surface area contributed by atoms with E-state index in [1.54, 1.807) is 6.20 Å². The maximum Gasteiger partial charge on any atom is 0.234 e. The van der Waals surface area contributed by atoms with Crippen molar-refractivity contribution in [1.82, 2.24) is 14.4 Å². The first kappa shape index (κ1) is 11.6. The molecule has 0 saturated heterocycles. The van der Waals surface area contributed by atoms with Crippen LogP contribution in [0.2, 0.25) is 0 Å². The maximum absolute atomic E-state index is 5.42. The lowest BCUT2D eigenvalue weighted by molar-refractivity contribution is 1.11. The molecular formula is C13H11N5S. The van der Waals surface area contributed by atoms with E-state index in [0.717, 1.165) is 16.9 Å². The van der Waals surface area contributed by atoms with Crippen molar-refractivity contribution in [2.45, 2.75) is 0 Å². The number of thiocarbonyl (C=S) groups is 1. The van der Waals surface area contributed by atoms with E-state index in [1.807, 2.05) is 47.1 Å². The van der Waals surface area contributed by atoms with Gasteiger partial charge in [-0.05, 0) is 30.4 Å². The molecule has 1 aromatic carbocycles. The summed E-state index contributed by atoms with van der Waals surface area (Å²) in [6.45, 7) is 0. The molecule has 0 spiro atoms. The standard InChI is InChI=1S/C13H11N5S/c14-12(19)16-10-4-2-9(3-5-10)11-8-18-7-1-6-15-13(18)17-11/h1-8H,(H3,14,16,19). The zero-order chi connectivity index (χ0) is 13.2. The van der Waals surface area contributed by atoms with Crippen LogP contribution in [0.15, 0.2) is 48.9 Å². The topological polar surface area (TPSA) is 68.2 Å². The van der Waals surface area contributed by atoms with Gasteiger partial charge in [0.05, 0.1) is 5.69 Å². The average molecular weight is 269 g/mol. The first-order valence-electron chi connectivity index (χ1n) is 5.69. The van der Waals surface area contributed by atoms with Crippen LogP contribution in [-0.4, -0.2) is 19.5 Å². The van der Waals surface area contributed by atoms with Crippen molar-refractivity contribution < 1.29 is 0 Å². The SMILES string of the molecule is NC(=S)Nc1ccc(-c2cn3cccnc3n2)cc1. The van der Waals surface area contributed by atoms with Gasteiger partial charge in [0.2, 0.25) is 5.78 Å². The molecule has 0 aliphatic carbocycles. The highest BCUT2D eigenvalue weighted by atomic mass is 32.1. The number of hydrogen-bond acceptors (Lipinski definition) is 3. The number of hydrogen-bond donors (Lipinski definition) is 2. The molecule has 2 heterocycles. The van der Waals surface area contributed by atoms with Gasteiger partial charge in [-0.15, -0.1) is 0 Å². The smallest absolute Gasteiger partial charge is 0.234 e. The van der Waals surface area contributed by atoms with Crippen molar-refractivity contribution in [3.8, 4) is 11.3 Å². The molecule has 3 N–H and O–H groups in total. The Morgan fingerprint density at radius 1 is 1.26 bits per heavy atom. The molecule has 0 saturated carbocycles. The van der Waals surface area contributed by atoms with Crippen molar-refractivity contribution in [3.63, 3.8) is 0 Å². The number of imidazole rings is 1. The van der Waals surface area contributed by atoms with Gasteiger partial charge < -0.3 is 11.1 Å². The van der Waals surface area contributed by atoms with E-state index in [0.29, 0.717) is 5.78 Å². The summed E-state index contributed by atoms with van der Waals surface area (Å²) in [7, 11) is 0. The van der Waals surface area contributed by atoms with Crippen LogP contribution in [0.4, 0.5) is 5.69 Å². The molecule has 0 bridgehead atoms. The first-order valence-corrected chi connectivity index (χ1v) is 6.10. The molecule has 5 nitrogen and oxygen atoms in total. The van der Waals surface area contributed by atoms with Gasteiger partial charge in [0.1, 0.15) is 0 Å². The fourth-order valence-corrected chi connectivity index (χ4v) is 1.95. The molecule has 3 aromatic rings. The fraction of sp³-hybridized carbons (Fsp3) is 0. The van der Waals surface area contributed by atoms with E-state index in [4.69, 9.17) is 18.0 Å². The van der Waals surface area contributed by atoms with Crippen LogP contribution in [-0.2, 0) is 0 Å². The fourth-order valence-electron chi connectivity index (χ4n) is 1.84. The van der Waals surface area contributed by atoms with E-state index >= 15 is 0 Å². The van der Waals surface area contributed by atoms with Crippen LogP contribution in [0, 0.1) is 0 Å². The predicted molar refractivity (Wildman–Crippen MR) is 78.8 cm³/mol. The van der Waals surface area contributed by atoms with Crippen LogP contribution in [0.1, 0.15) is 0 Å². The number of nitrogens with two attached hydrogens (primary N) is 1. The van der Waals surface area contributed by atoms with Gasteiger partial charge in [-0.3, -0.25) is 4.40 Å². The van der Waals surface area contributed by atoms with Crippen LogP contribution >= 0.6 is 12.2 Å². The van der Waals surface area contributed by atoms with Crippen LogP contribution < -0.4 is 11.1 Å². The largest absolute Gasteiger partial charge is 0.376 e. The Bertz CT molecular complexity index is 699. The molecule has 19 heavy (non-hydrogen) atoms. The van der Waals surface area contributed by atoms with Gasteiger partial charge in [-0.25, -0.2) is 9.97 Å². The normalized spacial score (nSPS) is 10.5. The Hall–Kier alpha value is -2.47. The minimum atomic E-state index is 0.254. The number of benzene rings is 1. The molecule has 6 heteroatoms. The lowest BCUT2D eigenvalue weighted by Crippen LogP contribution is -2.18. The molecule has 3 rings (SSSR count). The summed E-state index contributed by atoms with van der Waals surface area (Å²) >= 11 is 4.79. The van der Waals surface area contributed by atoms with Crippen molar-refractivity contribution in [2.24, 2.45) is 5.73 Å². The molecule has 0 aliphatic heterocycles. The van der Waals surface area contributed by atoms with Crippen molar-refractivity contribution in [3.05, 3.63) is 48.9 Å². The van der Waals surface area contributed by atoms with Gasteiger partial charge in [-0.2, -0.15) is 0 Å². The molecule has 0 unspecified atom stereocenters. The lowest BCUT2D eigenvalue weighted by atomic mass is 10.1. The van der Waals surface area contributed by atoms with Crippen LogP contribution in [0.5, 0.6) is 0 Å². The summed E-state index contributed by atoms with van der Waals surface area (Å²) in [4.78, 5) is 8.64. The second kappa shape index (κ2) is 4.66. The van der Waals surface area contributed by atoms with Gasteiger partial charge in [0.15, 0.2) is 5.11 Å². The minimum absolute atomic E-state index is 0.254. The summed E-state index contributed by atoms with van der Waals surface area (Å²) < 4.78 is 1.89. The number of nitrogens with zero attached hydrogens (tertiary/aromatic N) is 3. The predicted octanol–water partition coefficient (Wildman–Crippen LogP) is 2.05. The van der Waals surface area contributed by atoms with Crippen molar-refractivity contribution >= 4 is 28.8 Å². The number of aromatic nitrogens is 3. The van der Waals surface area contributed by atoms with Gasteiger partial charge in [0, 0.05) is 29.8 Å². The third-order valence-electron chi connectivity index (χ3n) is 2.68. The minimum Gasteiger partial charge on any atom is -0.376 e. The summed E-state index contributed by atoms with van der Waals surface area (Å²) in [6, 6.07) is 9.61.